The van der Waals surface area contributed by atoms with E-state index >= 15 is 0 Å². The molecule has 0 aliphatic heterocycles. The van der Waals surface area contributed by atoms with Gasteiger partial charge in [0.2, 0.25) is 0 Å². The highest BCUT2D eigenvalue weighted by Gasteiger charge is 2.23. The second-order valence-electron chi connectivity index (χ2n) is 4.69. The topological polar surface area (TPSA) is 26.3 Å². The van der Waals surface area contributed by atoms with Crippen LogP contribution in [0.3, 0.4) is 0 Å². The predicted octanol–water partition coefficient (Wildman–Crippen LogP) is 2.96. The van der Waals surface area contributed by atoms with Crippen LogP contribution in [0.2, 0.25) is 0 Å². The molecule has 1 unspecified atom stereocenters. The molecule has 0 N–H and O–H groups in total. The molecule has 1 aliphatic rings. The van der Waals surface area contributed by atoms with Crippen LogP contribution in [0.25, 0.3) is 0 Å². The van der Waals surface area contributed by atoms with Crippen LogP contribution in [0.5, 0.6) is 0 Å². The highest BCUT2D eigenvalue weighted by atomic mass is 32.2. The molecule has 1 rings (SSSR count). The van der Waals surface area contributed by atoms with Gasteiger partial charge in [-0.05, 0) is 40.0 Å². The first-order chi connectivity index (χ1) is 6.50. The minimum Gasteiger partial charge on any atom is -0.283 e. The van der Waals surface area contributed by atoms with Gasteiger partial charge in [0.15, 0.2) is 11.1 Å². The van der Waals surface area contributed by atoms with Crippen LogP contribution in [0.4, 0.5) is 0 Å². The lowest BCUT2D eigenvalue weighted by molar-refractivity contribution is 0.255. The molecule has 0 bridgehead atoms. The van der Waals surface area contributed by atoms with E-state index in [1.165, 1.54) is 12.8 Å². The van der Waals surface area contributed by atoms with Gasteiger partial charge in [-0.1, -0.05) is 18.6 Å². The quantitative estimate of drug-likeness (QED) is 0.663. The fraction of sp³-hybridized carbons (Fsp3) is 0.818. The molecule has 82 valence electrons. The SMILES string of the molecule is CC(C)(C)S(=O)O[C@@H]1C=CCCCC1. The van der Waals surface area contributed by atoms with Crippen molar-refractivity contribution in [2.24, 2.45) is 0 Å². The zero-order chi connectivity index (χ0) is 10.6. The zero-order valence-electron chi connectivity index (χ0n) is 9.29. The second-order valence-corrected chi connectivity index (χ2v) is 6.58. The van der Waals surface area contributed by atoms with E-state index in [1.807, 2.05) is 20.8 Å². The molecule has 0 aromatic heterocycles. The zero-order valence-corrected chi connectivity index (χ0v) is 10.1. The summed E-state index contributed by atoms with van der Waals surface area (Å²) in [5.41, 5.74) is 0. The van der Waals surface area contributed by atoms with Crippen LogP contribution in [-0.4, -0.2) is 15.1 Å². The fourth-order valence-corrected chi connectivity index (χ4v) is 1.96. The first-order valence-electron chi connectivity index (χ1n) is 5.26. The Labute approximate surface area is 89.4 Å². The van der Waals surface area contributed by atoms with E-state index in [1.54, 1.807) is 0 Å². The fourth-order valence-electron chi connectivity index (χ4n) is 1.29. The summed E-state index contributed by atoms with van der Waals surface area (Å²) >= 11 is -1.19. The molecule has 0 heterocycles. The summed E-state index contributed by atoms with van der Waals surface area (Å²) in [6.07, 6.45) is 8.75. The Balaban J connectivity index is 2.46. The maximum absolute atomic E-state index is 11.7. The normalized spacial score (nSPS) is 25.8. The third-order valence-electron chi connectivity index (χ3n) is 2.17. The van der Waals surface area contributed by atoms with Crippen molar-refractivity contribution in [2.75, 3.05) is 0 Å². The molecule has 2 nitrogen and oxygen atoms in total. The summed E-state index contributed by atoms with van der Waals surface area (Å²) in [7, 11) is 0. The lowest BCUT2D eigenvalue weighted by Crippen LogP contribution is -2.27. The molecule has 2 atom stereocenters. The van der Waals surface area contributed by atoms with Crippen molar-refractivity contribution >= 4 is 11.1 Å². The molecular weight excluding hydrogens is 196 g/mol. The van der Waals surface area contributed by atoms with Crippen molar-refractivity contribution in [3.05, 3.63) is 12.2 Å². The molecule has 3 heteroatoms. The Hall–Kier alpha value is -0.150. The average Bonchev–Trinajstić information content (AvgIpc) is 2.31. The first kappa shape index (κ1) is 11.9. The molecule has 0 radical (unpaired) electrons. The summed E-state index contributed by atoms with van der Waals surface area (Å²) < 4.78 is 16.9. The highest BCUT2D eigenvalue weighted by molar-refractivity contribution is 7.81. The number of allylic oxidation sites excluding steroid dienone is 1. The minimum atomic E-state index is -1.19. The summed E-state index contributed by atoms with van der Waals surface area (Å²) in [4.78, 5) is 0. The monoisotopic (exact) mass is 216 g/mol. The van der Waals surface area contributed by atoms with Gasteiger partial charge in [-0.3, -0.25) is 4.18 Å². The van der Waals surface area contributed by atoms with Crippen LogP contribution < -0.4 is 0 Å². The molecule has 0 fully saturated rings. The maximum Gasteiger partial charge on any atom is 0.161 e. The first-order valence-corrected chi connectivity index (χ1v) is 6.33. The van der Waals surface area contributed by atoms with Crippen LogP contribution >= 0.6 is 0 Å². The van der Waals surface area contributed by atoms with Gasteiger partial charge in [-0.2, -0.15) is 0 Å². The molecule has 14 heavy (non-hydrogen) atoms. The van der Waals surface area contributed by atoms with Crippen LogP contribution in [0.1, 0.15) is 46.5 Å². The largest absolute Gasteiger partial charge is 0.283 e. The summed E-state index contributed by atoms with van der Waals surface area (Å²) in [5, 5.41) is 0. The van der Waals surface area contributed by atoms with Gasteiger partial charge in [0.25, 0.3) is 0 Å². The summed E-state index contributed by atoms with van der Waals surface area (Å²) in [6, 6.07) is 0. The van der Waals surface area contributed by atoms with Crippen molar-refractivity contribution in [3.8, 4) is 0 Å². The molecule has 0 aromatic carbocycles. The van der Waals surface area contributed by atoms with Crippen LogP contribution in [-0.2, 0) is 15.3 Å². The third-order valence-corrected chi connectivity index (χ3v) is 3.59. The number of rotatable bonds is 2. The van der Waals surface area contributed by atoms with E-state index in [2.05, 4.69) is 12.2 Å². The van der Waals surface area contributed by atoms with Crippen molar-refractivity contribution in [1.82, 2.24) is 0 Å². The van der Waals surface area contributed by atoms with Crippen molar-refractivity contribution in [1.29, 1.82) is 0 Å². The van der Waals surface area contributed by atoms with Crippen molar-refractivity contribution in [2.45, 2.75) is 57.3 Å². The van der Waals surface area contributed by atoms with Gasteiger partial charge in [0.1, 0.15) is 0 Å². The Morgan fingerprint density at radius 3 is 2.71 bits per heavy atom. The van der Waals surface area contributed by atoms with Gasteiger partial charge in [-0.15, -0.1) is 0 Å². The number of hydrogen-bond acceptors (Lipinski definition) is 2. The summed E-state index contributed by atoms with van der Waals surface area (Å²) in [5.74, 6) is 0. The molecular formula is C11H20O2S. The van der Waals surface area contributed by atoms with Gasteiger partial charge >= 0.3 is 0 Å². The van der Waals surface area contributed by atoms with Gasteiger partial charge in [-0.25, -0.2) is 4.21 Å². The Morgan fingerprint density at radius 2 is 2.07 bits per heavy atom. The van der Waals surface area contributed by atoms with E-state index in [9.17, 15) is 4.21 Å². The van der Waals surface area contributed by atoms with E-state index in [0.29, 0.717) is 0 Å². The van der Waals surface area contributed by atoms with Crippen molar-refractivity contribution in [3.63, 3.8) is 0 Å². The number of hydrogen-bond donors (Lipinski definition) is 0. The van der Waals surface area contributed by atoms with E-state index in [4.69, 9.17) is 4.18 Å². The lowest BCUT2D eigenvalue weighted by atomic mass is 10.2. The smallest absolute Gasteiger partial charge is 0.161 e. The average molecular weight is 216 g/mol. The molecule has 0 amide bonds. The Morgan fingerprint density at radius 1 is 1.36 bits per heavy atom. The Kier molecular flexibility index (Phi) is 4.32. The van der Waals surface area contributed by atoms with Gasteiger partial charge in [0.05, 0.1) is 10.9 Å². The Bertz CT molecular complexity index is 228. The van der Waals surface area contributed by atoms with E-state index in [-0.39, 0.29) is 10.9 Å². The van der Waals surface area contributed by atoms with Gasteiger partial charge < -0.3 is 0 Å². The maximum atomic E-state index is 11.7. The molecule has 1 aliphatic carbocycles. The third kappa shape index (κ3) is 3.93. The minimum absolute atomic E-state index is 0.0533. The second kappa shape index (κ2) is 5.08. The molecule has 0 saturated carbocycles. The molecule has 0 saturated heterocycles. The van der Waals surface area contributed by atoms with E-state index < -0.39 is 11.1 Å². The van der Waals surface area contributed by atoms with Crippen LogP contribution in [0, 0.1) is 0 Å². The highest BCUT2D eigenvalue weighted by Crippen LogP contribution is 2.19. The standard InChI is InChI=1S/C11H20O2S/c1-11(2,3)14(12)13-10-8-6-4-5-7-9-10/h6,8,10H,4-5,7,9H2,1-3H3/t10-,14?/m1/s1. The van der Waals surface area contributed by atoms with Crippen molar-refractivity contribution < 1.29 is 8.39 Å². The van der Waals surface area contributed by atoms with Crippen LogP contribution in [0.15, 0.2) is 12.2 Å². The molecule has 0 spiro atoms. The van der Waals surface area contributed by atoms with Gasteiger partial charge in [0, 0.05) is 0 Å². The summed E-state index contributed by atoms with van der Waals surface area (Å²) in [6.45, 7) is 5.80. The van der Waals surface area contributed by atoms with E-state index in [0.717, 1.165) is 12.8 Å². The lowest BCUT2D eigenvalue weighted by Gasteiger charge is -2.20. The predicted molar refractivity (Wildman–Crippen MR) is 60.4 cm³/mol. The molecule has 0 aromatic rings.